The molecule has 1 amide bonds. The minimum Gasteiger partial charge on any atom is -0.454 e. The normalized spacial score (nSPS) is 12.8. The molecule has 2 aromatic rings. The lowest BCUT2D eigenvalue weighted by atomic mass is 10.1. The Balaban J connectivity index is 1.53. The maximum absolute atomic E-state index is 12.0. The highest BCUT2D eigenvalue weighted by atomic mass is 79.9. The lowest BCUT2D eigenvalue weighted by Gasteiger charge is -2.09. The third-order valence-corrected chi connectivity index (χ3v) is 4.09. The van der Waals surface area contributed by atoms with Crippen molar-refractivity contribution >= 4 is 21.8 Å². The first-order valence-electron chi connectivity index (χ1n) is 7.49. The molecular formula is C18H17BrN2O3. The molecule has 0 saturated heterocycles. The molecule has 1 aliphatic rings. The quantitative estimate of drug-likeness (QED) is 0.768. The van der Waals surface area contributed by atoms with Crippen LogP contribution in [0.15, 0.2) is 58.7 Å². The van der Waals surface area contributed by atoms with Gasteiger partial charge in [-0.3, -0.25) is 10.2 Å². The third-order valence-electron chi connectivity index (χ3n) is 3.56. The van der Waals surface area contributed by atoms with Crippen LogP contribution in [0.25, 0.3) is 0 Å². The van der Waals surface area contributed by atoms with Crippen molar-refractivity contribution in [2.45, 2.75) is 13.3 Å². The zero-order chi connectivity index (χ0) is 16.9. The van der Waals surface area contributed by atoms with Crippen LogP contribution in [0.5, 0.6) is 11.5 Å². The highest BCUT2D eigenvalue weighted by Gasteiger charge is 2.12. The summed E-state index contributed by atoms with van der Waals surface area (Å²) in [5.74, 6) is 1.37. The molecule has 1 heterocycles. The Morgan fingerprint density at radius 3 is 2.67 bits per heavy atom. The second kappa shape index (κ2) is 7.40. The average Bonchev–Trinajstić information content (AvgIpc) is 3.06. The molecule has 124 valence electrons. The van der Waals surface area contributed by atoms with Crippen molar-refractivity contribution in [2.24, 2.45) is 0 Å². The summed E-state index contributed by atoms with van der Waals surface area (Å²) in [5, 5.41) is 0. The first-order chi connectivity index (χ1) is 11.6. The Kier molecular flexibility index (Phi) is 5.05. The number of amides is 1. The van der Waals surface area contributed by atoms with E-state index in [0.717, 1.165) is 33.7 Å². The van der Waals surface area contributed by atoms with Gasteiger partial charge in [-0.15, -0.1) is 0 Å². The van der Waals surface area contributed by atoms with Crippen LogP contribution in [0.3, 0.4) is 0 Å². The molecule has 6 heteroatoms. The van der Waals surface area contributed by atoms with Gasteiger partial charge in [0.15, 0.2) is 11.5 Å². The minimum absolute atomic E-state index is 0.182. The van der Waals surface area contributed by atoms with E-state index < -0.39 is 0 Å². The fourth-order valence-corrected chi connectivity index (χ4v) is 2.48. The van der Waals surface area contributed by atoms with E-state index in [1.165, 1.54) is 0 Å². The Morgan fingerprint density at radius 1 is 1.12 bits per heavy atom. The van der Waals surface area contributed by atoms with Crippen LogP contribution >= 0.6 is 15.9 Å². The lowest BCUT2D eigenvalue weighted by Crippen LogP contribution is -2.36. The van der Waals surface area contributed by atoms with Gasteiger partial charge >= 0.3 is 0 Å². The van der Waals surface area contributed by atoms with Crippen molar-refractivity contribution in [2.75, 3.05) is 6.79 Å². The third kappa shape index (κ3) is 4.08. The molecule has 0 aliphatic carbocycles. The predicted octanol–water partition coefficient (Wildman–Crippen LogP) is 3.56. The molecule has 24 heavy (non-hydrogen) atoms. The number of hydrogen-bond acceptors (Lipinski definition) is 4. The van der Waals surface area contributed by atoms with Crippen LogP contribution in [0.4, 0.5) is 0 Å². The van der Waals surface area contributed by atoms with Gasteiger partial charge in [0.2, 0.25) is 6.79 Å². The molecule has 0 atom stereocenters. The first kappa shape index (κ1) is 16.4. The fourth-order valence-electron chi connectivity index (χ4n) is 2.22. The summed E-state index contributed by atoms with van der Waals surface area (Å²) in [4.78, 5) is 12.0. The Labute approximate surface area is 148 Å². The molecule has 0 bridgehead atoms. The molecule has 2 N–H and O–H groups in total. The number of allylic oxidation sites excluding steroid dienone is 2. The molecule has 1 aliphatic heterocycles. The van der Waals surface area contributed by atoms with Crippen LogP contribution in [0.2, 0.25) is 0 Å². The molecular weight excluding hydrogens is 372 g/mol. The van der Waals surface area contributed by atoms with Crippen LogP contribution in [0, 0.1) is 0 Å². The summed E-state index contributed by atoms with van der Waals surface area (Å²) in [5.41, 5.74) is 8.15. The summed E-state index contributed by atoms with van der Waals surface area (Å²) in [6, 6.07) is 13.0. The highest BCUT2D eigenvalue weighted by Crippen LogP contribution is 2.32. The van der Waals surface area contributed by atoms with Gasteiger partial charge in [-0.2, -0.15) is 0 Å². The van der Waals surface area contributed by atoms with Gasteiger partial charge in [-0.05, 0) is 55.3 Å². The second-order valence-corrected chi connectivity index (χ2v) is 6.28. The van der Waals surface area contributed by atoms with Crippen LogP contribution in [-0.4, -0.2) is 12.7 Å². The summed E-state index contributed by atoms with van der Waals surface area (Å²) < 4.78 is 11.6. The number of ether oxygens (including phenoxy) is 2. The molecule has 0 radical (unpaired) electrons. The number of hydrazine groups is 1. The van der Waals surface area contributed by atoms with E-state index >= 15 is 0 Å². The molecule has 5 nitrogen and oxygen atoms in total. The van der Waals surface area contributed by atoms with Crippen LogP contribution in [0.1, 0.15) is 22.8 Å². The van der Waals surface area contributed by atoms with E-state index in [1.807, 2.05) is 43.3 Å². The SMILES string of the molecule is CC(=CCc1ccc2c(c1)OCO2)NNC(=O)c1ccc(Br)cc1. The van der Waals surface area contributed by atoms with Crippen molar-refractivity contribution in [3.63, 3.8) is 0 Å². The van der Waals surface area contributed by atoms with Gasteiger partial charge in [0.05, 0.1) is 0 Å². The number of halogens is 1. The van der Waals surface area contributed by atoms with Gasteiger partial charge in [-0.25, -0.2) is 0 Å². The fraction of sp³-hybridized carbons (Fsp3) is 0.167. The van der Waals surface area contributed by atoms with E-state index in [4.69, 9.17) is 9.47 Å². The zero-order valence-corrected chi connectivity index (χ0v) is 14.7. The van der Waals surface area contributed by atoms with Gasteiger partial charge in [0.25, 0.3) is 5.91 Å². The van der Waals surface area contributed by atoms with E-state index in [9.17, 15) is 4.79 Å². The second-order valence-electron chi connectivity index (χ2n) is 5.36. The highest BCUT2D eigenvalue weighted by molar-refractivity contribution is 9.10. The van der Waals surface area contributed by atoms with E-state index in [-0.39, 0.29) is 12.7 Å². The monoisotopic (exact) mass is 388 g/mol. The number of fused-ring (bicyclic) bond motifs is 1. The van der Waals surface area contributed by atoms with Crippen molar-refractivity contribution < 1.29 is 14.3 Å². The average molecular weight is 389 g/mol. The summed E-state index contributed by atoms with van der Waals surface area (Å²) in [7, 11) is 0. The van der Waals surface area contributed by atoms with Crippen molar-refractivity contribution in [3.05, 3.63) is 69.8 Å². The first-order valence-corrected chi connectivity index (χ1v) is 8.28. The summed E-state index contributed by atoms with van der Waals surface area (Å²) in [6.45, 7) is 2.17. The van der Waals surface area contributed by atoms with Crippen LogP contribution in [-0.2, 0) is 6.42 Å². The number of carbonyl (C=O) groups excluding carboxylic acids is 1. The maximum atomic E-state index is 12.0. The number of nitrogens with one attached hydrogen (secondary N) is 2. The lowest BCUT2D eigenvalue weighted by molar-refractivity contribution is 0.0939. The Hall–Kier alpha value is -2.47. The molecule has 3 rings (SSSR count). The number of benzene rings is 2. The van der Waals surface area contributed by atoms with E-state index in [0.29, 0.717) is 5.56 Å². The summed E-state index contributed by atoms with van der Waals surface area (Å²) >= 11 is 3.34. The molecule has 2 aromatic carbocycles. The molecule has 0 aromatic heterocycles. The minimum atomic E-state index is -0.182. The van der Waals surface area contributed by atoms with E-state index in [2.05, 4.69) is 26.8 Å². The molecule has 0 spiro atoms. The standard InChI is InChI=1S/C18H17BrN2O3/c1-12(20-21-18(22)14-5-7-15(19)8-6-14)2-3-13-4-9-16-17(10-13)24-11-23-16/h2,4-10,20H,3,11H2,1H3,(H,21,22). The molecule has 0 saturated carbocycles. The molecule has 0 unspecified atom stereocenters. The van der Waals surface area contributed by atoms with E-state index in [1.54, 1.807) is 12.1 Å². The Bertz CT molecular complexity index is 772. The molecule has 0 fully saturated rings. The van der Waals surface area contributed by atoms with Gasteiger partial charge < -0.3 is 14.9 Å². The zero-order valence-electron chi connectivity index (χ0n) is 13.1. The van der Waals surface area contributed by atoms with Gasteiger partial charge in [0.1, 0.15) is 0 Å². The number of hydrogen-bond donors (Lipinski definition) is 2. The number of carbonyl (C=O) groups is 1. The van der Waals surface area contributed by atoms with Gasteiger partial charge in [-0.1, -0.05) is 28.1 Å². The predicted molar refractivity (Wildman–Crippen MR) is 94.8 cm³/mol. The van der Waals surface area contributed by atoms with Crippen molar-refractivity contribution in [1.29, 1.82) is 0 Å². The smallest absolute Gasteiger partial charge is 0.269 e. The maximum Gasteiger partial charge on any atom is 0.269 e. The summed E-state index contributed by atoms with van der Waals surface area (Å²) in [6.07, 6.45) is 2.73. The Morgan fingerprint density at radius 2 is 1.88 bits per heavy atom. The van der Waals surface area contributed by atoms with Crippen LogP contribution < -0.4 is 20.3 Å². The van der Waals surface area contributed by atoms with Crippen molar-refractivity contribution in [3.8, 4) is 11.5 Å². The van der Waals surface area contributed by atoms with Crippen molar-refractivity contribution in [1.82, 2.24) is 10.9 Å². The largest absolute Gasteiger partial charge is 0.454 e. The van der Waals surface area contributed by atoms with Gasteiger partial charge in [0, 0.05) is 15.7 Å². The number of rotatable bonds is 5. The topological polar surface area (TPSA) is 59.6 Å².